The largest absolute Gasteiger partial charge is 0.143 e. The minimum atomic E-state index is 1.02. The van der Waals surface area contributed by atoms with Gasteiger partial charge in [-0.15, -0.1) is 12.6 Å². The molecular weight excluding hydrogens is 268 g/mol. The SMILES string of the molecule is Cc1cccc(Br)c1.Sc1ccccc1. The highest BCUT2D eigenvalue weighted by atomic mass is 79.9. The molecule has 0 aliphatic rings. The van der Waals surface area contributed by atoms with E-state index in [-0.39, 0.29) is 0 Å². The van der Waals surface area contributed by atoms with E-state index < -0.39 is 0 Å². The van der Waals surface area contributed by atoms with E-state index >= 15 is 0 Å². The third kappa shape index (κ3) is 5.65. The molecule has 0 nitrogen and oxygen atoms in total. The molecule has 2 heteroatoms. The third-order valence-electron chi connectivity index (χ3n) is 1.74. The summed E-state index contributed by atoms with van der Waals surface area (Å²) in [4.78, 5) is 1.02. The first-order chi connectivity index (χ1) is 7.18. The average Bonchev–Trinajstić information content (AvgIpc) is 2.19. The maximum atomic E-state index is 4.08. The molecule has 0 N–H and O–H groups in total. The summed E-state index contributed by atoms with van der Waals surface area (Å²) < 4.78 is 1.15. The van der Waals surface area contributed by atoms with Crippen molar-refractivity contribution in [1.29, 1.82) is 0 Å². The molecular formula is C13H13BrS. The van der Waals surface area contributed by atoms with Crippen LogP contribution in [0.25, 0.3) is 0 Å². The van der Waals surface area contributed by atoms with Gasteiger partial charge in [0.15, 0.2) is 0 Å². The fourth-order valence-corrected chi connectivity index (χ4v) is 1.72. The Bertz CT molecular complexity index is 381. The van der Waals surface area contributed by atoms with E-state index in [1.165, 1.54) is 5.56 Å². The van der Waals surface area contributed by atoms with Crippen LogP contribution in [0.5, 0.6) is 0 Å². The van der Waals surface area contributed by atoms with Crippen molar-refractivity contribution >= 4 is 28.6 Å². The van der Waals surface area contributed by atoms with Crippen LogP contribution in [0.3, 0.4) is 0 Å². The van der Waals surface area contributed by atoms with E-state index in [2.05, 4.69) is 47.6 Å². The van der Waals surface area contributed by atoms with Crippen LogP contribution in [0.2, 0.25) is 0 Å². The molecule has 0 aliphatic heterocycles. The van der Waals surface area contributed by atoms with Gasteiger partial charge in [0.1, 0.15) is 0 Å². The van der Waals surface area contributed by atoms with E-state index in [4.69, 9.17) is 0 Å². The number of hydrogen-bond acceptors (Lipinski definition) is 1. The van der Waals surface area contributed by atoms with Gasteiger partial charge in [0.05, 0.1) is 0 Å². The second-order valence-electron chi connectivity index (χ2n) is 3.13. The molecule has 78 valence electrons. The molecule has 0 aromatic heterocycles. The van der Waals surface area contributed by atoms with Gasteiger partial charge in [0, 0.05) is 9.37 Å². The minimum absolute atomic E-state index is 1.02. The predicted octanol–water partition coefficient (Wildman–Crippen LogP) is 4.73. The topological polar surface area (TPSA) is 0 Å². The Morgan fingerprint density at radius 2 is 1.60 bits per heavy atom. The van der Waals surface area contributed by atoms with E-state index in [9.17, 15) is 0 Å². The molecule has 2 aromatic carbocycles. The summed E-state index contributed by atoms with van der Waals surface area (Å²) in [6.07, 6.45) is 0. The molecule has 0 saturated heterocycles. The van der Waals surface area contributed by atoms with Crippen molar-refractivity contribution in [3.63, 3.8) is 0 Å². The monoisotopic (exact) mass is 280 g/mol. The standard InChI is InChI=1S/C7H7Br.C6H6S/c1-6-3-2-4-7(8)5-6;7-6-4-2-1-3-5-6/h2-5H,1H3;1-5,7H. The van der Waals surface area contributed by atoms with Gasteiger partial charge in [-0.25, -0.2) is 0 Å². The van der Waals surface area contributed by atoms with Gasteiger partial charge in [-0.2, -0.15) is 0 Å². The van der Waals surface area contributed by atoms with Crippen molar-refractivity contribution in [2.24, 2.45) is 0 Å². The Kier molecular flexibility index (Phi) is 5.51. The van der Waals surface area contributed by atoms with Gasteiger partial charge in [-0.1, -0.05) is 51.8 Å². The van der Waals surface area contributed by atoms with Crippen LogP contribution in [0.1, 0.15) is 5.56 Å². The highest BCUT2D eigenvalue weighted by molar-refractivity contribution is 9.10. The third-order valence-corrected chi connectivity index (χ3v) is 2.53. The average molecular weight is 281 g/mol. The molecule has 0 fully saturated rings. The lowest BCUT2D eigenvalue weighted by molar-refractivity contribution is 1.45. The maximum absolute atomic E-state index is 4.08. The number of benzene rings is 2. The molecule has 0 radical (unpaired) electrons. The van der Waals surface area contributed by atoms with Crippen LogP contribution in [0, 0.1) is 6.92 Å². The molecule has 0 unspecified atom stereocenters. The first-order valence-electron chi connectivity index (χ1n) is 4.64. The summed E-state index contributed by atoms with van der Waals surface area (Å²) in [5, 5.41) is 0. The maximum Gasteiger partial charge on any atom is 0.0177 e. The predicted molar refractivity (Wildman–Crippen MR) is 72.6 cm³/mol. The smallest absolute Gasteiger partial charge is 0.0177 e. The summed E-state index contributed by atoms with van der Waals surface area (Å²) in [6.45, 7) is 2.07. The highest BCUT2D eigenvalue weighted by Gasteiger charge is 1.82. The lowest BCUT2D eigenvalue weighted by Crippen LogP contribution is -1.67. The first kappa shape index (κ1) is 12.3. The van der Waals surface area contributed by atoms with Crippen molar-refractivity contribution in [2.75, 3.05) is 0 Å². The summed E-state index contributed by atoms with van der Waals surface area (Å²) in [5.74, 6) is 0. The highest BCUT2D eigenvalue weighted by Crippen LogP contribution is 2.09. The zero-order chi connectivity index (χ0) is 11.1. The second kappa shape index (κ2) is 6.70. The quantitative estimate of drug-likeness (QED) is 0.663. The van der Waals surface area contributed by atoms with Crippen molar-refractivity contribution in [3.05, 3.63) is 64.6 Å². The van der Waals surface area contributed by atoms with Gasteiger partial charge < -0.3 is 0 Å². The number of aryl methyl sites for hydroxylation is 1. The van der Waals surface area contributed by atoms with Crippen molar-refractivity contribution < 1.29 is 0 Å². The molecule has 0 aliphatic carbocycles. The van der Waals surface area contributed by atoms with E-state index in [1.54, 1.807) is 0 Å². The van der Waals surface area contributed by atoms with Crippen molar-refractivity contribution in [2.45, 2.75) is 11.8 Å². The Morgan fingerprint density at radius 1 is 0.933 bits per heavy atom. The van der Waals surface area contributed by atoms with Crippen LogP contribution in [0.15, 0.2) is 64.0 Å². The van der Waals surface area contributed by atoms with E-state index in [0.29, 0.717) is 0 Å². The molecule has 0 bridgehead atoms. The zero-order valence-corrected chi connectivity index (χ0v) is 11.0. The molecule has 0 amide bonds. The van der Waals surface area contributed by atoms with Gasteiger partial charge >= 0.3 is 0 Å². The summed E-state index contributed by atoms with van der Waals surface area (Å²) in [7, 11) is 0. The first-order valence-corrected chi connectivity index (χ1v) is 5.88. The summed E-state index contributed by atoms with van der Waals surface area (Å²) >= 11 is 7.45. The molecule has 2 aromatic rings. The zero-order valence-electron chi connectivity index (χ0n) is 8.52. The molecule has 15 heavy (non-hydrogen) atoms. The Hall–Kier alpha value is -0.730. The summed E-state index contributed by atoms with van der Waals surface area (Å²) in [5.41, 5.74) is 1.29. The van der Waals surface area contributed by atoms with Gasteiger partial charge in [-0.05, 0) is 31.2 Å². The molecule has 0 saturated carbocycles. The lowest BCUT2D eigenvalue weighted by atomic mass is 10.2. The minimum Gasteiger partial charge on any atom is -0.143 e. The molecule has 0 atom stereocenters. The fourth-order valence-electron chi connectivity index (χ4n) is 1.03. The van der Waals surface area contributed by atoms with Crippen LogP contribution in [-0.4, -0.2) is 0 Å². The van der Waals surface area contributed by atoms with Gasteiger partial charge in [0.2, 0.25) is 0 Å². The second-order valence-corrected chi connectivity index (χ2v) is 4.57. The van der Waals surface area contributed by atoms with Crippen LogP contribution in [-0.2, 0) is 0 Å². The van der Waals surface area contributed by atoms with Crippen LogP contribution >= 0.6 is 28.6 Å². The lowest BCUT2D eigenvalue weighted by Gasteiger charge is -1.89. The molecule has 2 rings (SSSR count). The van der Waals surface area contributed by atoms with Crippen LogP contribution in [0.4, 0.5) is 0 Å². The number of thiol groups is 1. The van der Waals surface area contributed by atoms with Gasteiger partial charge in [0.25, 0.3) is 0 Å². The number of rotatable bonds is 0. The Morgan fingerprint density at radius 3 is 1.93 bits per heavy atom. The Balaban J connectivity index is 0.000000151. The molecule has 0 heterocycles. The number of halogens is 1. The van der Waals surface area contributed by atoms with Crippen LogP contribution < -0.4 is 0 Å². The number of hydrogen-bond donors (Lipinski definition) is 1. The fraction of sp³-hybridized carbons (Fsp3) is 0.0769. The molecule has 0 spiro atoms. The van der Waals surface area contributed by atoms with Crippen molar-refractivity contribution in [3.8, 4) is 0 Å². The normalized spacial score (nSPS) is 9.00. The van der Waals surface area contributed by atoms with Crippen molar-refractivity contribution in [1.82, 2.24) is 0 Å². The van der Waals surface area contributed by atoms with Gasteiger partial charge in [-0.3, -0.25) is 0 Å². The van der Waals surface area contributed by atoms with E-state index in [0.717, 1.165) is 9.37 Å². The van der Waals surface area contributed by atoms with E-state index in [1.807, 2.05) is 42.5 Å². The Labute approximate surface area is 105 Å². The summed E-state index contributed by atoms with van der Waals surface area (Å²) in [6, 6.07) is 18.0.